The maximum absolute atomic E-state index is 11.1. The Kier molecular flexibility index (Phi) is 11.8. The van der Waals surface area contributed by atoms with E-state index in [2.05, 4.69) is 51.7 Å². The Labute approximate surface area is 137 Å². The average Bonchev–Trinajstić information content (AvgIpc) is 2.42. The van der Waals surface area contributed by atoms with E-state index in [9.17, 15) is 4.79 Å². The predicted octanol–water partition coefficient (Wildman–Crippen LogP) is 4.89. The van der Waals surface area contributed by atoms with Gasteiger partial charge >= 0.3 is 5.97 Å². The van der Waals surface area contributed by atoms with Gasteiger partial charge < -0.3 is 10.0 Å². The molecule has 128 valence electrons. The Morgan fingerprint density at radius 1 is 1.18 bits per heavy atom. The number of carboxylic acid groups (broad SMARTS) is 1. The summed E-state index contributed by atoms with van der Waals surface area (Å²) in [5.41, 5.74) is 2.65. The molecule has 1 unspecified atom stereocenters. The predicted molar refractivity (Wildman–Crippen MR) is 95.2 cm³/mol. The number of hydrogen-bond donors (Lipinski definition) is 1. The molecule has 0 bridgehead atoms. The van der Waals surface area contributed by atoms with Gasteiger partial charge in [-0.05, 0) is 72.0 Å². The normalized spacial score (nSPS) is 13.3. The molecular weight excluding hydrogens is 274 g/mol. The lowest BCUT2D eigenvalue weighted by Gasteiger charge is -2.19. The van der Waals surface area contributed by atoms with Crippen molar-refractivity contribution in [1.29, 1.82) is 0 Å². The molecule has 0 fully saturated rings. The first-order chi connectivity index (χ1) is 10.4. The van der Waals surface area contributed by atoms with Gasteiger partial charge in [-0.1, -0.05) is 37.1 Å². The molecule has 0 aromatic carbocycles. The van der Waals surface area contributed by atoms with Gasteiger partial charge in [-0.2, -0.15) is 0 Å². The Morgan fingerprint density at radius 3 is 2.32 bits per heavy atom. The standard InChI is InChI=1S/C19H35NO2/c1-6-20(7-2)13-9-12-18(15-19(21)22)14-17(5)11-8-10-16(3)4/h10,14,18H,6-9,11-13,15H2,1-5H3,(H,21,22)/b17-14+. The summed E-state index contributed by atoms with van der Waals surface area (Å²) >= 11 is 0. The summed E-state index contributed by atoms with van der Waals surface area (Å²) in [6, 6.07) is 0. The van der Waals surface area contributed by atoms with Crippen molar-refractivity contribution in [2.75, 3.05) is 19.6 Å². The zero-order chi connectivity index (χ0) is 17.0. The van der Waals surface area contributed by atoms with Crippen LogP contribution in [-0.2, 0) is 4.79 Å². The summed E-state index contributed by atoms with van der Waals surface area (Å²) in [6.45, 7) is 13.9. The SMILES string of the molecule is CCN(CC)CCCC(/C=C(\C)CCC=C(C)C)CC(=O)O. The monoisotopic (exact) mass is 309 g/mol. The minimum absolute atomic E-state index is 0.166. The number of carbonyl (C=O) groups is 1. The maximum Gasteiger partial charge on any atom is 0.303 e. The van der Waals surface area contributed by atoms with E-state index in [0.717, 1.165) is 45.3 Å². The van der Waals surface area contributed by atoms with Crippen LogP contribution >= 0.6 is 0 Å². The molecule has 0 aliphatic carbocycles. The molecule has 0 rings (SSSR count). The molecule has 0 saturated heterocycles. The molecule has 0 saturated carbocycles. The van der Waals surface area contributed by atoms with Gasteiger partial charge in [-0.15, -0.1) is 0 Å². The molecule has 0 aromatic heterocycles. The molecule has 0 aliphatic rings. The maximum atomic E-state index is 11.1. The largest absolute Gasteiger partial charge is 0.481 e. The van der Waals surface area contributed by atoms with Crippen LogP contribution in [0.5, 0.6) is 0 Å². The van der Waals surface area contributed by atoms with Crippen LogP contribution in [0.25, 0.3) is 0 Å². The summed E-state index contributed by atoms with van der Waals surface area (Å²) in [5, 5.41) is 9.10. The zero-order valence-corrected chi connectivity index (χ0v) is 15.2. The van der Waals surface area contributed by atoms with E-state index in [-0.39, 0.29) is 12.3 Å². The molecule has 0 amide bonds. The highest BCUT2D eigenvalue weighted by Crippen LogP contribution is 2.18. The molecule has 1 N–H and O–H groups in total. The average molecular weight is 309 g/mol. The first-order valence-electron chi connectivity index (χ1n) is 8.63. The second-order valence-corrected chi connectivity index (χ2v) is 6.36. The molecular formula is C19H35NO2. The van der Waals surface area contributed by atoms with Gasteiger partial charge in [0.15, 0.2) is 0 Å². The van der Waals surface area contributed by atoms with Crippen molar-refractivity contribution < 1.29 is 9.90 Å². The van der Waals surface area contributed by atoms with Crippen molar-refractivity contribution in [3.05, 3.63) is 23.3 Å². The van der Waals surface area contributed by atoms with Crippen LogP contribution in [0.2, 0.25) is 0 Å². The number of hydrogen-bond acceptors (Lipinski definition) is 2. The van der Waals surface area contributed by atoms with Crippen molar-refractivity contribution >= 4 is 5.97 Å². The van der Waals surface area contributed by atoms with Gasteiger partial charge in [0.25, 0.3) is 0 Å². The Morgan fingerprint density at radius 2 is 1.82 bits per heavy atom. The molecule has 1 atom stereocenters. The van der Waals surface area contributed by atoms with E-state index in [4.69, 9.17) is 5.11 Å². The highest BCUT2D eigenvalue weighted by Gasteiger charge is 2.11. The minimum Gasteiger partial charge on any atom is -0.481 e. The third kappa shape index (κ3) is 11.6. The Hall–Kier alpha value is -1.09. The van der Waals surface area contributed by atoms with Crippen molar-refractivity contribution in [3.63, 3.8) is 0 Å². The van der Waals surface area contributed by atoms with Gasteiger partial charge in [-0.25, -0.2) is 0 Å². The van der Waals surface area contributed by atoms with Crippen LogP contribution in [0.15, 0.2) is 23.3 Å². The van der Waals surface area contributed by atoms with Gasteiger partial charge in [-0.3, -0.25) is 4.79 Å². The lowest BCUT2D eigenvalue weighted by atomic mass is 9.95. The van der Waals surface area contributed by atoms with E-state index in [1.807, 2.05) is 0 Å². The summed E-state index contributed by atoms with van der Waals surface area (Å²) in [6.07, 6.45) is 8.78. The molecule has 0 radical (unpaired) electrons. The number of aliphatic carboxylic acids is 1. The van der Waals surface area contributed by atoms with Crippen molar-refractivity contribution in [1.82, 2.24) is 4.90 Å². The molecule has 0 spiro atoms. The fourth-order valence-corrected chi connectivity index (χ4v) is 2.66. The highest BCUT2D eigenvalue weighted by atomic mass is 16.4. The van der Waals surface area contributed by atoms with E-state index in [1.54, 1.807) is 0 Å². The van der Waals surface area contributed by atoms with Crippen LogP contribution in [0.1, 0.15) is 66.7 Å². The molecule has 3 nitrogen and oxygen atoms in total. The quantitative estimate of drug-likeness (QED) is 0.522. The van der Waals surface area contributed by atoms with Crippen LogP contribution < -0.4 is 0 Å². The third-order valence-corrected chi connectivity index (χ3v) is 3.99. The number of allylic oxidation sites excluding steroid dienone is 4. The van der Waals surface area contributed by atoms with E-state index >= 15 is 0 Å². The summed E-state index contributed by atoms with van der Waals surface area (Å²) in [4.78, 5) is 13.4. The molecule has 3 heteroatoms. The fraction of sp³-hybridized carbons (Fsp3) is 0.737. The van der Waals surface area contributed by atoms with Crippen molar-refractivity contribution in [2.24, 2.45) is 5.92 Å². The number of rotatable bonds is 12. The van der Waals surface area contributed by atoms with Crippen LogP contribution in [0.4, 0.5) is 0 Å². The van der Waals surface area contributed by atoms with Gasteiger partial charge in [0.1, 0.15) is 0 Å². The van der Waals surface area contributed by atoms with Crippen LogP contribution in [0, 0.1) is 5.92 Å². The van der Waals surface area contributed by atoms with Gasteiger partial charge in [0, 0.05) is 0 Å². The van der Waals surface area contributed by atoms with Crippen molar-refractivity contribution in [3.8, 4) is 0 Å². The topological polar surface area (TPSA) is 40.5 Å². The number of nitrogens with zero attached hydrogens (tertiary/aromatic N) is 1. The van der Waals surface area contributed by atoms with Gasteiger partial charge in [0.2, 0.25) is 0 Å². The van der Waals surface area contributed by atoms with Crippen LogP contribution in [0.3, 0.4) is 0 Å². The second kappa shape index (κ2) is 12.5. The van der Waals surface area contributed by atoms with E-state index in [1.165, 1.54) is 11.1 Å². The molecule has 22 heavy (non-hydrogen) atoms. The minimum atomic E-state index is -0.693. The lowest BCUT2D eigenvalue weighted by Crippen LogP contribution is -2.24. The lowest BCUT2D eigenvalue weighted by molar-refractivity contribution is -0.137. The molecule has 0 aliphatic heterocycles. The zero-order valence-electron chi connectivity index (χ0n) is 15.2. The van der Waals surface area contributed by atoms with E-state index in [0.29, 0.717) is 0 Å². The first kappa shape index (κ1) is 20.9. The van der Waals surface area contributed by atoms with Gasteiger partial charge in [0.05, 0.1) is 6.42 Å². The highest BCUT2D eigenvalue weighted by molar-refractivity contribution is 5.67. The smallest absolute Gasteiger partial charge is 0.303 e. The summed E-state index contributed by atoms with van der Waals surface area (Å²) in [5.74, 6) is -0.527. The summed E-state index contributed by atoms with van der Waals surface area (Å²) in [7, 11) is 0. The molecule has 0 heterocycles. The summed E-state index contributed by atoms with van der Waals surface area (Å²) < 4.78 is 0. The number of carboxylic acids is 1. The third-order valence-electron chi connectivity index (χ3n) is 3.99. The first-order valence-corrected chi connectivity index (χ1v) is 8.63. The van der Waals surface area contributed by atoms with E-state index < -0.39 is 5.97 Å². The van der Waals surface area contributed by atoms with Crippen molar-refractivity contribution in [2.45, 2.75) is 66.7 Å². The second-order valence-electron chi connectivity index (χ2n) is 6.36. The molecule has 0 aromatic rings. The Bertz CT molecular complexity index is 364. The van der Waals surface area contributed by atoms with Crippen LogP contribution in [-0.4, -0.2) is 35.6 Å². The fourth-order valence-electron chi connectivity index (χ4n) is 2.66. The Balaban J connectivity index is 4.43.